The minimum Gasteiger partial charge on any atom is -0.289 e. The SMILES string of the molecule is O=C(c1ccccc1)c1ccc(C=P(c2ccccc2)(c2ccccc2)c2ccccc2)cc1. The van der Waals surface area contributed by atoms with Gasteiger partial charge in [-0.15, -0.1) is 0 Å². The summed E-state index contributed by atoms with van der Waals surface area (Å²) in [5.74, 6) is 2.46. The van der Waals surface area contributed by atoms with E-state index in [1.807, 2.05) is 42.5 Å². The Bertz CT molecular complexity index is 1320. The van der Waals surface area contributed by atoms with Crippen molar-refractivity contribution >= 4 is 34.4 Å². The maximum atomic E-state index is 12.9. The average molecular weight is 457 g/mol. The highest BCUT2D eigenvalue weighted by molar-refractivity contribution is 7.94. The first-order valence-corrected chi connectivity index (χ1v) is 13.2. The molecule has 0 aliphatic carbocycles. The first-order chi connectivity index (χ1) is 16.8. The van der Waals surface area contributed by atoms with Crippen molar-refractivity contribution in [2.75, 3.05) is 0 Å². The fraction of sp³-hybridized carbons (Fsp3) is 0. The second kappa shape index (κ2) is 9.91. The Labute approximate surface area is 201 Å². The second-order valence-corrected chi connectivity index (χ2v) is 11.4. The summed E-state index contributed by atoms with van der Waals surface area (Å²) in [7, 11) is 0. The molecule has 0 saturated carbocycles. The highest BCUT2D eigenvalue weighted by atomic mass is 31.2. The molecule has 5 aromatic rings. The average Bonchev–Trinajstić information content (AvgIpc) is 2.94. The highest BCUT2D eigenvalue weighted by Gasteiger charge is 2.24. The van der Waals surface area contributed by atoms with Gasteiger partial charge in [-0.3, -0.25) is 4.79 Å². The van der Waals surface area contributed by atoms with Crippen molar-refractivity contribution in [1.29, 1.82) is 0 Å². The van der Waals surface area contributed by atoms with Crippen molar-refractivity contribution < 1.29 is 4.79 Å². The van der Waals surface area contributed by atoms with Gasteiger partial charge < -0.3 is 0 Å². The molecular formula is C32H25OP. The zero-order valence-electron chi connectivity index (χ0n) is 18.8. The summed E-state index contributed by atoms with van der Waals surface area (Å²) >= 11 is 0. The second-order valence-electron chi connectivity index (χ2n) is 8.18. The summed E-state index contributed by atoms with van der Waals surface area (Å²) < 4.78 is 0. The van der Waals surface area contributed by atoms with Gasteiger partial charge in [-0.2, -0.15) is 0 Å². The first-order valence-electron chi connectivity index (χ1n) is 11.4. The van der Waals surface area contributed by atoms with Crippen LogP contribution in [0.4, 0.5) is 0 Å². The van der Waals surface area contributed by atoms with Crippen molar-refractivity contribution in [1.82, 2.24) is 0 Å². The van der Waals surface area contributed by atoms with E-state index in [2.05, 4.69) is 109 Å². The Kier molecular flexibility index (Phi) is 6.38. The predicted molar refractivity (Wildman–Crippen MR) is 147 cm³/mol. The maximum Gasteiger partial charge on any atom is 0.193 e. The monoisotopic (exact) mass is 456 g/mol. The Morgan fingerprint density at radius 1 is 0.441 bits per heavy atom. The molecule has 1 nitrogen and oxygen atoms in total. The molecule has 0 atom stereocenters. The molecule has 164 valence electrons. The summed E-state index contributed by atoms with van der Waals surface area (Å²) in [5, 5.41) is 3.91. The van der Waals surface area contributed by atoms with E-state index in [9.17, 15) is 4.79 Å². The Morgan fingerprint density at radius 2 is 0.794 bits per heavy atom. The van der Waals surface area contributed by atoms with Gasteiger partial charge in [-0.1, -0.05) is 146 Å². The number of hydrogen-bond donors (Lipinski definition) is 0. The van der Waals surface area contributed by atoms with Gasteiger partial charge in [0.1, 0.15) is 0 Å². The van der Waals surface area contributed by atoms with Crippen LogP contribution in [0.2, 0.25) is 0 Å². The van der Waals surface area contributed by atoms with Crippen LogP contribution in [0.15, 0.2) is 146 Å². The Morgan fingerprint density at radius 3 is 1.21 bits per heavy atom. The topological polar surface area (TPSA) is 17.1 Å². The lowest BCUT2D eigenvalue weighted by Crippen LogP contribution is -2.27. The van der Waals surface area contributed by atoms with Gasteiger partial charge in [0.25, 0.3) is 0 Å². The van der Waals surface area contributed by atoms with Crippen LogP contribution < -0.4 is 15.9 Å². The molecule has 5 aromatic carbocycles. The molecule has 0 aliphatic rings. The van der Waals surface area contributed by atoms with Crippen LogP contribution in [-0.4, -0.2) is 11.6 Å². The van der Waals surface area contributed by atoms with Crippen LogP contribution in [0.1, 0.15) is 21.5 Å². The number of hydrogen-bond acceptors (Lipinski definition) is 1. The minimum atomic E-state index is -2.08. The van der Waals surface area contributed by atoms with E-state index in [1.165, 1.54) is 15.9 Å². The molecule has 0 bridgehead atoms. The summed E-state index contributed by atoms with van der Waals surface area (Å²) in [6, 6.07) is 49.8. The van der Waals surface area contributed by atoms with E-state index < -0.39 is 6.89 Å². The molecule has 0 radical (unpaired) electrons. The zero-order valence-corrected chi connectivity index (χ0v) is 19.7. The third-order valence-electron chi connectivity index (χ3n) is 6.04. The summed E-state index contributed by atoms with van der Waals surface area (Å²) in [4.78, 5) is 12.9. The van der Waals surface area contributed by atoms with E-state index in [0.717, 1.165) is 5.56 Å². The van der Waals surface area contributed by atoms with Crippen LogP contribution in [-0.2, 0) is 0 Å². The standard InChI is InChI=1S/C32H25OP/c33-32(27-13-5-1-6-14-27)28-23-21-26(22-24-28)25-34(29-15-7-2-8-16-29,30-17-9-3-10-18-30)31-19-11-4-12-20-31/h1-25H. The van der Waals surface area contributed by atoms with Crippen molar-refractivity contribution in [2.45, 2.75) is 0 Å². The summed E-state index contributed by atoms with van der Waals surface area (Å²) in [6.45, 7) is -2.08. The fourth-order valence-corrected chi connectivity index (χ4v) is 8.25. The fourth-order valence-electron chi connectivity index (χ4n) is 4.36. The number of rotatable bonds is 6. The van der Waals surface area contributed by atoms with Crippen LogP contribution in [0.3, 0.4) is 0 Å². The van der Waals surface area contributed by atoms with Gasteiger partial charge >= 0.3 is 0 Å². The van der Waals surface area contributed by atoms with Crippen LogP contribution in [0.25, 0.3) is 0 Å². The zero-order chi connectivity index (χ0) is 23.2. The van der Waals surface area contributed by atoms with Crippen LogP contribution in [0, 0.1) is 0 Å². The third kappa shape index (κ3) is 4.31. The lowest BCUT2D eigenvalue weighted by molar-refractivity contribution is 0.103. The number of benzene rings is 5. The summed E-state index contributed by atoms with van der Waals surface area (Å²) in [5.41, 5.74) is 2.51. The molecule has 5 rings (SSSR count). The molecule has 0 unspecified atom stereocenters. The lowest BCUT2D eigenvalue weighted by atomic mass is 10.0. The van der Waals surface area contributed by atoms with Crippen LogP contribution >= 0.6 is 6.89 Å². The van der Waals surface area contributed by atoms with Crippen molar-refractivity contribution in [3.63, 3.8) is 0 Å². The van der Waals surface area contributed by atoms with Gasteiger partial charge in [0.15, 0.2) is 5.78 Å². The van der Waals surface area contributed by atoms with Gasteiger partial charge in [-0.25, -0.2) is 0 Å². The largest absolute Gasteiger partial charge is 0.289 e. The highest BCUT2D eigenvalue weighted by Crippen LogP contribution is 2.44. The molecule has 0 aromatic heterocycles. The molecule has 0 N–H and O–H groups in total. The quantitative estimate of drug-likeness (QED) is 0.224. The minimum absolute atomic E-state index is 0.0439. The van der Waals surface area contributed by atoms with Crippen molar-refractivity contribution in [3.8, 4) is 0 Å². The number of carbonyl (C=O) groups excluding carboxylic acids is 1. The van der Waals surface area contributed by atoms with Gasteiger partial charge in [0.2, 0.25) is 0 Å². The molecule has 0 saturated heterocycles. The molecule has 0 aliphatic heterocycles. The van der Waals surface area contributed by atoms with Gasteiger partial charge in [-0.05, 0) is 34.2 Å². The molecular weight excluding hydrogens is 431 g/mol. The smallest absolute Gasteiger partial charge is 0.193 e. The third-order valence-corrected chi connectivity index (χ3v) is 10.1. The van der Waals surface area contributed by atoms with Gasteiger partial charge in [0, 0.05) is 11.1 Å². The van der Waals surface area contributed by atoms with Crippen molar-refractivity contribution in [2.24, 2.45) is 0 Å². The molecule has 0 spiro atoms. The first kappa shape index (κ1) is 21.9. The van der Waals surface area contributed by atoms with E-state index in [1.54, 1.807) is 0 Å². The van der Waals surface area contributed by atoms with E-state index in [4.69, 9.17) is 0 Å². The Balaban J connectivity index is 1.70. The number of carbonyl (C=O) groups is 1. The normalized spacial score (nSPS) is 11.1. The maximum absolute atomic E-state index is 12.9. The van der Waals surface area contributed by atoms with E-state index in [0.29, 0.717) is 11.1 Å². The van der Waals surface area contributed by atoms with Crippen LogP contribution in [0.5, 0.6) is 0 Å². The van der Waals surface area contributed by atoms with E-state index in [-0.39, 0.29) is 5.78 Å². The molecule has 34 heavy (non-hydrogen) atoms. The predicted octanol–water partition coefficient (Wildman–Crippen LogP) is 6.06. The van der Waals surface area contributed by atoms with Gasteiger partial charge in [0.05, 0.1) is 0 Å². The lowest BCUT2D eigenvalue weighted by Gasteiger charge is -2.29. The van der Waals surface area contributed by atoms with Crippen molar-refractivity contribution in [3.05, 3.63) is 162 Å². The molecule has 0 fully saturated rings. The Hall–Kier alpha value is -3.93. The number of ketones is 1. The van der Waals surface area contributed by atoms with E-state index >= 15 is 0 Å². The summed E-state index contributed by atoms with van der Waals surface area (Å²) in [6.07, 6.45) is 0. The molecule has 0 amide bonds. The molecule has 0 heterocycles. The molecule has 2 heteroatoms.